The van der Waals surface area contributed by atoms with Crippen molar-refractivity contribution in [3.05, 3.63) is 34.7 Å². The number of nitrogens with one attached hydrogen (secondary N) is 1. The zero-order chi connectivity index (χ0) is 16.5. The van der Waals surface area contributed by atoms with E-state index in [1.807, 2.05) is 27.7 Å². The zero-order valence-electron chi connectivity index (χ0n) is 12.9. The summed E-state index contributed by atoms with van der Waals surface area (Å²) in [5.41, 5.74) is 0.177. The van der Waals surface area contributed by atoms with E-state index in [0.717, 1.165) is 4.47 Å². The van der Waals surface area contributed by atoms with Crippen LogP contribution >= 0.6 is 28.1 Å². The van der Waals surface area contributed by atoms with E-state index in [0.29, 0.717) is 21.6 Å². The number of thiocarbonyl (C=S) groups is 1. The molecule has 1 N–H and O–H groups in total. The second kappa shape index (κ2) is 6.46. The van der Waals surface area contributed by atoms with Gasteiger partial charge in [-0.3, -0.25) is 4.98 Å². The molecule has 22 heavy (non-hydrogen) atoms. The number of aromatic nitrogens is 1. The molecule has 1 aromatic carbocycles. The number of nitrogens with zero attached hydrogens (tertiary/aromatic N) is 1. The second-order valence-electron chi connectivity index (χ2n) is 6.13. The molecule has 1 aromatic heterocycles. The average molecular weight is 385 g/mol. The van der Waals surface area contributed by atoms with Gasteiger partial charge in [-0.05, 0) is 55.8 Å². The minimum atomic E-state index is -0.415. The molecule has 1 heterocycles. The molecule has 0 fully saturated rings. The molecule has 0 aliphatic rings. The van der Waals surface area contributed by atoms with Gasteiger partial charge >= 0.3 is 0 Å². The number of rotatable bonds is 3. The van der Waals surface area contributed by atoms with E-state index in [-0.39, 0.29) is 11.6 Å². The fourth-order valence-electron chi connectivity index (χ4n) is 1.95. The van der Waals surface area contributed by atoms with Crippen molar-refractivity contribution >= 4 is 44.0 Å². The van der Waals surface area contributed by atoms with E-state index >= 15 is 0 Å². The second-order valence-corrected chi connectivity index (χ2v) is 7.49. The zero-order valence-corrected chi connectivity index (χ0v) is 15.3. The highest BCUT2D eigenvalue weighted by Gasteiger charge is 2.18. The van der Waals surface area contributed by atoms with Crippen LogP contribution in [0.3, 0.4) is 0 Å². The Morgan fingerprint density at radius 3 is 2.68 bits per heavy atom. The molecule has 3 nitrogen and oxygen atoms in total. The van der Waals surface area contributed by atoms with Crippen molar-refractivity contribution in [2.24, 2.45) is 0 Å². The van der Waals surface area contributed by atoms with Gasteiger partial charge in [-0.25, -0.2) is 4.39 Å². The van der Waals surface area contributed by atoms with Crippen LogP contribution in [0.25, 0.3) is 10.9 Å². The number of hydrogen-bond donors (Lipinski definition) is 1. The Morgan fingerprint density at radius 2 is 2.05 bits per heavy atom. The number of pyridine rings is 1. The van der Waals surface area contributed by atoms with E-state index in [4.69, 9.17) is 17.0 Å². The Balaban J connectivity index is 2.22. The van der Waals surface area contributed by atoms with E-state index in [1.165, 1.54) is 6.07 Å². The van der Waals surface area contributed by atoms with Crippen LogP contribution in [0.2, 0.25) is 0 Å². The SMILES string of the molecule is CC(Oc1cc(F)c2ncc(Br)cc2c1)C(=S)NC(C)(C)C. The molecular formula is C16H18BrFN2OS. The molecule has 1 unspecified atom stereocenters. The lowest BCUT2D eigenvalue weighted by Gasteiger charge is -2.26. The Morgan fingerprint density at radius 1 is 1.36 bits per heavy atom. The summed E-state index contributed by atoms with van der Waals surface area (Å²) in [6.45, 7) is 7.89. The molecule has 2 aromatic rings. The van der Waals surface area contributed by atoms with Gasteiger partial charge in [-0.1, -0.05) is 12.2 Å². The molecule has 2 rings (SSSR count). The van der Waals surface area contributed by atoms with Crippen LogP contribution in [0.5, 0.6) is 5.75 Å². The normalized spacial score (nSPS) is 13.0. The van der Waals surface area contributed by atoms with Gasteiger partial charge in [0, 0.05) is 27.7 Å². The van der Waals surface area contributed by atoms with Crippen molar-refractivity contribution in [2.75, 3.05) is 0 Å². The van der Waals surface area contributed by atoms with Gasteiger partial charge < -0.3 is 10.1 Å². The predicted octanol–water partition coefficient (Wildman–Crippen LogP) is 4.62. The Kier molecular flexibility index (Phi) is 5.02. The number of halogens is 2. The van der Waals surface area contributed by atoms with Gasteiger partial charge in [-0.2, -0.15) is 0 Å². The minimum absolute atomic E-state index is 0.141. The summed E-state index contributed by atoms with van der Waals surface area (Å²) in [6, 6.07) is 4.89. The molecule has 0 saturated heterocycles. The molecule has 6 heteroatoms. The Labute approximate surface area is 143 Å². The summed E-state index contributed by atoms with van der Waals surface area (Å²) < 4.78 is 20.6. The molecule has 0 radical (unpaired) electrons. The quantitative estimate of drug-likeness (QED) is 0.782. The number of fused-ring (bicyclic) bond motifs is 1. The van der Waals surface area contributed by atoms with Crippen LogP contribution in [-0.4, -0.2) is 21.6 Å². The molecule has 1 atom stereocenters. The maximum atomic E-state index is 14.1. The van der Waals surface area contributed by atoms with Gasteiger partial charge in [0.2, 0.25) is 0 Å². The van der Waals surface area contributed by atoms with Crippen molar-refractivity contribution in [1.29, 1.82) is 0 Å². The Hall–Kier alpha value is -1.27. The molecule has 0 aliphatic carbocycles. The van der Waals surface area contributed by atoms with Gasteiger partial charge in [0.25, 0.3) is 0 Å². The maximum Gasteiger partial charge on any atom is 0.153 e. The van der Waals surface area contributed by atoms with Crippen LogP contribution in [-0.2, 0) is 0 Å². The van der Waals surface area contributed by atoms with Gasteiger partial charge in [0.05, 0.1) is 0 Å². The fourth-order valence-corrected chi connectivity index (χ4v) is 2.65. The molecule has 0 bridgehead atoms. The van der Waals surface area contributed by atoms with Crippen molar-refractivity contribution in [3.63, 3.8) is 0 Å². The molecule has 118 valence electrons. The first-order valence-electron chi connectivity index (χ1n) is 6.89. The highest BCUT2D eigenvalue weighted by atomic mass is 79.9. The summed E-state index contributed by atoms with van der Waals surface area (Å²) in [4.78, 5) is 4.65. The van der Waals surface area contributed by atoms with Crippen molar-refractivity contribution in [2.45, 2.75) is 39.3 Å². The first-order chi connectivity index (χ1) is 10.2. The van der Waals surface area contributed by atoms with Crippen LogP contribution in [0, 0.1) is 5.82 Å². The Bertz CT molecular complexity index is 715. The lowest BCUT2D eigenvalue weighted by Crippen LogP contribution is -2.45. The lowest BCUT2D eigenvalue weighted by molar-refractivity contribution is 0.280. The number of hydrogen-bond acceptors (Lipinski definition) is 3. The largest absolute Gasteiger partial charge is 0.483 e. The summed E-state index contributed by atoms with van der Waals surface area (Å²) >= 11 is 8.66. The monoisotopic (exact) mass is 384 g/mol. The molecule has 0 aliphatic heterocycles. The molecule has 0 saturated carbocycles. The van der Waals surface area contributed by atoms with Gasteiger partial charge in [0.1, 0.15) is 22.4 Å². The predicted molar refractivity (Wildman–Crippen MR) is 95.0 cm³/mol. The first kappa shape index (κ1) is 17.1. The maximum absolute atomic E-state index is 14.1. The lowest BCUT2D eigenvalue weighted by atomic mass is 10.1. The third-order valence-electron chi connectivity index (χ3n) is 2.86. The standard InChI is InChI=1S/C16H18BrFN2OS/c1-9(15(22)20-16(2,3)4)21-12-6-10-5-11(17)8-19-14(10)13(18)7-12/h5-9H,1-4H3,(H,20,22). The minimum Gasteiger partial charge on any atom is -0.483 e. The van der Waals surface area contributed by atoms with E-state index in [9.17, 15) is 4.39 Å². The van der Waals surface area contributed by atoms with Crippen LogP contribution in [0.15, 0.2) is 28.9 Å². The molecule has 0 amide bonds. The van der Waals surface area contributed by atoms with Crippen LogP contribution in [0.4, 0.5) is 4.39 Å². The molecular weight excluding hydrogens is 367 g/mol. The van der Waals surface area contributed by atoms with Crippen molar-refractivity contribution < 1.29 is 9.13 Å². The average Bonchev–Trinajstić information content (AvgIpc) is 2.35. The third-order valence-corrected chi connectivity index (χ3v) is 3.72. The van der Waals surface area contributed by atoms with E-state index in [2.05, 4.69) is 26.2 Å². The highest BCUT2D eigenvalue weighted by Crippen LogP contribution is 2.26. The summed E-state index contributed by atoms with van der Waals surface area (Å²) in [7, 11) is 0. The van der Waals surface area contributed by atoms with Crippen LogP contribution < -0.4 is 10.1 Å². The fraction of sp³-hybridized carbons (Fsp3) is 0.375. The first-order valence-corrected chi connectivity index (χ1v) is 8.09. The van der Waals surface area contributed by atoms with Crippen molar-refractivity contribution in [3.8, 4) is 5.75 Å². The number of benzene rings is 1. The van der Waals surface area contributed by atoms with Gasteiger partial charge in [-0.15, -0.1) is 0 Å². The van der Waals surface area contributed by atoms with Crippen LogP contribution in [0.1, 0.15) is 27.7 Å². The summed E-state index contributed by atoms with van der Waals surface area (Å²) in [5, 5.41) is 3.87. The van der Waals surface area contributed by atoms with Crippen molar-refractivity contribution in [1.82, 2.24) is 10.3 Å². The highest BCUT2D eigenvalue weighted by molar-refractivity contribution is 9.10. The third kappa shape index (κ3) is 4.36. The topological polar surface area (TPSA) is 34.1 Å². The smallest absolute Gasteiger partial charge is 0.153 e. The summed E-state index contributed by atoms with van der Waals surface area (Å²) in [6.07, 6.45) is 1.21. The molecule has 0 spiro atoms. The van der Waals surface area contributed by atoms with E-state index < -0.39 is 5.82 Å². The summed E-state index contributed by atoms with van der Waals surface area (Å²) in [5.74, 6) is 0.0114. The van der Waals surface area contributed by atoms with E-state index in [1.54, 1.807) is 18.3 Å². The number of ether oxygens (including phenoxy) is 1. The van der Waals surface area contributed by atoms with Gasteiger partial charge in [0.15, 0.2) is 5.82 Å².